The van der Waals surface area contributed by atoms with Crippen LogP contribution in [0.2, 0.25) is 0 Å². The molecule has 1 heteroatoms. The normalized spacial score (nSPS) is 9.68. The van der Waals surface area contributed by atoms with E-state index < -0.39 is 0 Å². The summed E-state index contributed by atoms with van der Waals surface area (Å²) in [7, 11) is 0. The van der Waals surface area contributed by atoms with Crippen molar-refractivity contribution in [3.8, 4) is 11.1 Å². The molecule has 148 valence electrons. The molecule has 6 aromatic carbocycles. The van der Waals surface area contributed by atoms with E-state index in [4.69, 9.17) is 0 Å². The molecule has 6 rings (SSSR count). The van der Waals surface area contributed by atoms with E-state index in [1.165, 1.54) is 32.7 Å². The van der Waals surface area contributed by atoms with Gasteiger partial charge >= 0.3 is 21.7 Å². The van der Waals surface area contributed by atoms with E-state index in [1.807, 2.05) is 12.1 Å². The molecule has 0 N–H and O–H groups in total. The molecule has 0 aliphatic rings. The van der Waals surface area contributed by atoms with Crippen LogP contribution in [-0.2, 0) is 21.7 Å². The minimum Gasteiger partial charge on any atom is -0.168 e. The summed E-state index contributed by atoms with van der Waals surface area (Å²) < 4.78 is 0. The molecule has 0 fully saturated rings. The largest absolute Gasteiger partial charge is 2.00 e. The number of fused-ring (bicyclic) bond motifs is 2. The monoisotopic (exact) mass is 432 g/mol. The van der Waals surface area contributed by atoms with Crippen molar-refractivity contribution in [3.63, 3.8) is 0 Å². The van der Waals surface area contributed by atoms with Crippen molar-refractivity contribution in [1.29, 1.82) is 0 Å². The summed E-state index contributed by atoms with van der Waals surface area (Å²) in [6.45, 7) is 0. The minimum absolute atomic E-state index is 0. The summed E-state index contributed by atoms with van der Waals surface area (Å²) in [4.78, 5) is 0. The van der Waals surface area contributed by atoms with Crippen LogP contribution in [0.25, 0.3) is 32.7 Å². The zero-order valence-electron chi connectivity index (χ0n) is 17.4. The number of rotatable bonds is 1. The zero-order valence-corrected chi connectivity index (χ0v) is 18.9. The third kappa shape index (κ3) is 6.39. The number of hydrogen-bond acceptors (Lipinski definition) is 0. The second kappa shape index (κ2) is 11.9. The molecule has 0 spiro atoms. The van der Waals surface area contributed by atoms with Crippen LogP contribution in [-0.4, -0.2) is 0 Å². The van der Waals surface area contributed by atoms with Gasteiger partial charge in [-0.1, -0.05) is 72.8 Å². The van der Waals surface area contributed by atoms with Crippen molar-refractivity contribution in [3.05, 3.63) is 146 Å². The van der Waals surface area contributed by atoms with Gasteiger partial charge < -0.3 is 0 Å². The first-order valence-corrected chi connectivity index (χ1v) is 10.2. The summed E-state index contributed by atoms with van der Waals surface area (Å²) >= 11 is 0. The summed E-state index contributed by atoms with van der Waals surface area (Å²) in [6.07, 6.45) is 0. The molecule has 0 bridgehead atoms. The van der Waals surface area contributed by atoms with Crippen LogP contribution in [0.3, 0.4) is 0 Å². The second-order valence-electron chi connectivity index (χ2n) is 7.04. The Morgan fingerprint density at radius 3 is 1.10 bits per heavy atom. The maximum atomic E-state index is 2.12. The first-order chi connectivity index (χ1) is 14.9. The molecule has 0 aliphatic heterocycles. The molecular weight excluding hydrogens is 408 g/mol. The van der Waals surface area contributed by atoms with Gasteiger partial charge in [0.05, 0.1) is 0 Å². The van der Waals surface area contributed by atoms with Crippen LogP contribution in [0.1, 0.15) is 0 Å². The molecule has 0 aromatic heterocycles. The van der Waals surface area contributed by atoms with Crippen molar-refractivity contribution in [2.24, 2.45) is 0 Å². The summed E-state index contributed by atoms with van der Waals surface area (Å²) in [5.74, 6) is 0. The average Bonchev–Trinajstić information content (AvgIpc) is 3.51. The van der Waals surface area contributed by atoms with E-state index in [0.717, 1.165) is 0 Å². The third-order valence-corrected chi connectivity index (χ3v) is 4.98. The van der Waals surface area contributed by atoms with Crippen LogP contribution in [0.15, 0.2) is 146 Å². The van der Waals surface area contributed by atoms with Gasteiger partial charge in [0.1, 0.15) is 0 Å². The van der Waals surface area contributed by atoms with Crippen molar-refractivity contribution in [2.75, 3.05) is 0 Å². The Balaban J connectivity index is 0.000000131. The van der Waals surface area contributed by atoms with Crippen molar-refractivity contribution < 1.29 is 21.7 Å². The van der Waals surface area contributed by atoms with Crippen LogP contribution >= 0.6 is 0 Å². The molecular formula is C30H24Ti. The van der Waals surface area contributed by atoms with Crippen LogP contribution in [0.5, 0.6) is 0 Å². The molecule has 0 atom stereocenters. The number of benzene rings is 4. The molecule has 0 radical (unpaired) electrons. The van der Waals surface area contributed by atoms with E-state index in [1.54, 1.807) is 0 Å². The Morgan fingerprint density at radius 1 is 0.355 bits per heavy atom. The molecule has 31 heavy (non-hydrogen) atoms. The Labute approximate surface area is 199 Å². The molecule has 6 aromatic rings. The third-order valence-electron chi connectivity index (χ3n) is 4.98. The predicted octanol–water partition coefficient (Wildman–Crippen LogP) is 8.47. The predicted molar refractivity (Wildman–Crippen MR) is 131 cm³/mol. The van der Waals surface area contributed by atoms with E-state index in [9.17, 15) is 0 Å². The summed E-state index contributed by atoms with van der Waals surface area (Å²) in [5, 5.41) is 5.32. The first-order valence-electron chi connectivity index (χ1n) is 10.2. The van der Waals surface area contributed by atoms with Crippen molar-refractivity contribution in [1.82, 2.24) is 0 Å². The van der Waals surface area contributed by atoms with E-state index >= 15 is 0 Å². The molecule has 0 aliphatic carbocycles. The molecule has 0 unspecified atom stereocenters. The summed E-state index contributed by atoms with van der Waals surface area (Å²) in [5.41, 5.74) is 2.55. The van der Waals surface area contributed by atoms with Crippen LogP contribution in [0, 0.1) is 0 Å². The van der Waals surface area contributed by atoms with Gasteiger partial charge in [-0.25, -0.2) is 0 Å². The van der Waals surface area contributed by atoms with Crippen LogP contribution in [0.4, 0.5) is 0 Å². The van der Waals surface area contributed by atoms with Crippen LogP contribution < -0.4 is 0 Å². The number of hydrogen-bond donors (Lipinski definition) is 0. The second-order valence-corrected chi connectivity index (χ2v) is 7.04. The smallest absolute Gasteiger partial charge is 0.168 e. The average molecular weight is 432 g/mol. The SMILES string of the molecule is [Ti+2].c1ccc(-c2ccccc2)cc1.c1ccc2[cH-]ccc2c1.c1ccc2[cH-]ccc2c1. The molecule has 0 saturated heterocycles. The van der Waals surface area contributed by atoms with Gasteiger partial charge in [-0.05, 0) is 11.1 Å². The summed E-state index contributed by atoms with van der Waals surface area (Å²) in [6, 6.07) is 50.1. The van der Waals surface area contributed by atoms with E-state index in [2.05, 4.69) is 133 Å². The standard InChI is InChI=1S/C12H10.2C9H7.Ti/c1-3-7-11(8-4-1)12-9-5-2-6-10-12;2*1-2-5-9-7-3-6-8(9)4-1;/h1-10H;2*1-7H;/q;2*-1;+2. The van der Waals surface area contributed by atoms with Crippen molar-refractivity contribution in [2.45, 2.75) is 0 Å². The van der Waals surface area contributed by atoms with Gasteiger partial charge in [0, 0.05) is 0 Å². The molecule has 0 heterocycles. The quantitative estimate of drug-likeness (QED) is 0.181. The fourth-order valence-corrected chi connectivity index (χ4v) is 3.40. The van der Waals surface area contributed by atoms with Gasteiger partial charge in [0.15, 0.2) is 0 Å². The minimum atomic E-state index is 0. The topological polar surface area (TPSA) is 0 Å². The molecule has 0 nitrogen and oxygen atoms in total. The van der Waals surface area contributed by atoms with Gasteiger partial charge in [-0.15, -0.1) is 59.3 Å². The van der Waals surface area contributed by atoms with E-state index in [-0.39, 0.29) is 21.7 Å². The van der Waals surface area contributed by atoms with Crippen molar-refractivity contribution >= 4 is 21.5 Å². The Kier molecular flexibility index (Phi) is 8.61. The van der Waals surface area contributed by atoms with Gasteiger partial charge in [-0.2, -0.15) is 35.0 Å². The first kappa shape index (κ1) is 22.5. The Hall–Kier alpha value is -3.19. The molecule has 0 amide bonds. The maximum absolute atomic E-state index is 2.12. The Morgan fingerprint density at radius 2 is 0.710 bits per heavy atom. The fraction of sp³-hybridized carbons (Fsp3) is 0. The van der Waals surface area contributed by atoms with Gasteiger partial charge in [-0.3, -0.25) is 0 Å². The van der Waals surface area contributed by atoms with E-state index in [0.29, 0.717) is 0 Å². The zero-order chi connectivity index (χ0) is 20.4. The van der Waals surface area contributed by atoms with Gasteiger partial charge in [0.25, 0.3) is 0 Å². The Bertz CT molecular complexity index is 1110. The maximum Gasteiger partial charge on any atom is 2.00 e. The van der Waals surface area contributed by atoms with Gasteiger partial charge in [0.2, 0.25) is 0 Å². The molecule has 0 saturated carbocycles. The fourth-order valence-electron chi connectivity index (χ4n) is 3.40.